The van der Waals surface area contributed by atoms with E-state index in [1.165, 1.54) is 6.61 Å². The molecule has 0 saturated carbocycles. The van der Waals surface area contributed by atoms with Gasteiger partial charge in [-0.05, 0) is 30.5 Å². The lowest BCUT2D eigenvalue weighted by Gasteiger charge is -2.37. The summed E-state index contributed by atoms with van der Waals surface area (Å²) in [7, 11) is 0. The number of rotatable bonds is 7. The zero-order chi connectivity index (χ0) is 19.1. The molecule has 0 fully saturated rings. The van der Waals surface area contributed by atoms with Gasteiger partial charge >= 0.3 is 5.97 Å². The SMILES string of the molecule is C[CH]OC(=O)[C@@H](C)OC(c1ccccc1)(c1ccccc1)c1ccccc1. The van der Waals surface area contributed by atoms with Crippen molar-refractivity contribution in [2.45, 2.75) is 25.6 Å². The Morgan fingerprint density at radius 1 is 0.778 bits per heavy atom. The number of hydrogen-bond donors (Lipinski definition) is 0. The van der Waals surface area contributed by atoms with Crippen molar-refractivity contribution >= 4 is 5.97 Å². The van der Waals surface area contributed by atoms with Crippen LogP contribution in [0.4, 0.5) is 0 Å². The minimum absolute atomic E-state index is 0.426. The molecule has 3 rings (SSSR count). The van der Waals surface area contributed by atoms with Crippen LogP contribution in [0.15, 0.2) is 91.0 Å². The van der Waals surface area contributed by atoms with E-state index in [1.54, 1.807) is 13.8 Å². The Morgan fingerprint density at radius 2 is 1.15 bits per heavy atom. The molecule has 0 aliphatic rings. The van der Waals surface area contributed by atoms with Crippen LogP contribution >= 0.6 is 0 Å². The van der Waals surface area contributed by atoms with Crippen LogP contribution in [0.1, 0.15) is 30.5 Å². The first-order valence-electron chi connectivity index (χ1n) is 9.01. The van der Waals surface area contributed by atoms with Gasteiger partial charge in [-0.1, -0.05) is 91.0 Å². The Morgan fingerprint density at radius 3 is 1.48 bits per heavy atom. The van der Waals surface area contributed by atoms with Crippen molar-refractivity contribution in [3.63, 3.8) is 0 Å². The summed E-state index contributed by atoms with van der Waals surface area (Å²) < 4.78 is 11.6. The van der Waals surface area contributed by atoms with Crippen LogP contribution in [0.2, 0.25) is 0 Å². The zero-order valence-electron chi connectivity index (χ0n) is 15.5. The summed E-state index contributed by atoms with van der Waals surface area (Å²) in [6, 6.07) is 29.9. The summed E-state index contributed by atoms with van der Waals surface area (Å²) in [5, 5.41) is 0. The first-order valence-corrected chi connectivity index (χ1v) is 9.01. The summed E-state index contributed by atoms with van der Waals surface area (Å²) >= 11 is 0. The molecular formula is C24H23O3. The first kappa shape index (κ1) is 18.9. The Hall–Kier alpha value is -2.91. The van der Waals surface area contributed by atoms with E-state index in [0.29, 0.717) is 0 Å². The molecule has 0 bridgehead atoms. The predicted molar refractivity (Wildman–Crippen MR) is 106 cm³/mol. The molecule has 3 nitrogen and oxygen atoms in total. The van der Waals surface area contributed by atoms with Crippen molar-refractivity contribution in [2.24, 2.45) is 0 Å². The zero-order valence-corrected chi connectivity index (χ0v) is 15.5. The van der Waals surface area contributed by atoms with Gasteiger partial charge < -0.3 is 9.47 Å². The van der Waals surface area contributed by atoms with Crippen molar-refractivity contribution in [2.75, 3.05) is 0 Å². The largest absolute Gasteiger partial charge is 0.457 e. The van der Waals surface area contributed by atoms with Crippen molar-refractivity contribution in [3.05, 3.63) is 114 Å². The number of hydrogen-bond acceptors (Lipinski definition) is 3. The van der Waals surface area contributed by atoms with Crippen LogP contribution in [0.3, 0.4) is 0 Å². The second-order valence-electron chi connectivity index (χ2n) is 6.21. The van der Waals surface area contributed by atoms with Crippen molar-refractivity contribution in [3.8, 4) is 0 Å². The monoisotopic (exact) mass is 359 g/mol. The molecule has 3 aromatic carbocycles. The fraction of sp³-hybridized carbons (Fsp3) is 0.167. The van der Waals surface area contributed by atoms with Gasteiger partial charge in [-0.25, -0.2) is 4.79 Å². The van der Waals surface area contributed by atoms with E-state index < -0.39 is 17.7 Å². The van der Waals surface area contributed by atoms with Gasteiger partial charge in [0.25, 0.3) is 0 Å². The molecule has 0 aliphatic heterocycles. The van der Waals surface area contributed by atoms with Gasteiger partial charge in [0, 0.05) is 0 Å². The molecule has 3 heteroatoms. The highest BCUT2D eigenvalue weighted by Gasteiger charge is 2.40. The maximum atomic E-state index is 12.3. The Kier molecular flexibility index (Phi) is 6.05. The molecule has 0 N–H and O–H groups in total. The third-order valence-electron chi connectivity index (χ3n) is 4.46. The molecule has 0 saturated heterocycles. The van der Waals surface area contributed by atoms with Crippen LogP contribution in [0.5, 0.6) is 0 Å². The van der Waals surface area contributed by atoms with Crippen LogP contribution in [0.25, 0.3) is 0 Å². The Labute approximate surface area is 160 Å². The van der Waals surface area contributed by atoms with E-state index in [4.69, 9.17) is 9.47 Å². The summed E-state index contributed by atoms with van der Waals surface area (Å²) in [5.74, 6) is -0.426. The maximum Gasteiger partial charge on any atom is 0.335 e. The predicted octanol–water partition coefficient (Wildman–Crippen LogP) is 5.11. The van der Waals surface area contributed by atoms with Gasteiger partial charge in [-0.15, -0.1) is 0 Å². The molecule has 0 amide bonds. The number of ether oxygens (including phenoxy) is 2. The van der Waals surface area contributed by atoms with Gasteiger partial charge in [-0.2, -0.15) is 0 Å². The molecule has 0 aromatic heterocycles. The smallest absolute Gasteiger partial charge is 0.335 e. The Bertz CT molecular complexity index is 748. The van der Waals surface area contributed by atoms with Crippen molar-refractivity contribution in [1.29, 1.82) is 0 Å². The number of carbonyl (C=O) groups excluding carboxylic acids is 1. The molecule has 0 heterocycles. The van der Waals surface area contributed by atoms with E-state index in [-0.39, 0.29) is 0 Å². The molecule has 0 spiro atoms. The first-order chi connectivity index (χ1) is 13.2. The summed E-state index contributed by atoms with van der Waals surface area (Å²) in [4.78, 5) is 12.3. The molecule has 3 aromatic rings. The second kappa shape index (κ2) is 8.65. The van der Waals surface area contributed by atoms with Gasteiger partial charge in [0.05, 0.1) is 0 Å². The van der Waals surface area contributed by atoms with Crippen molar-refractivity contribution in [1.82, 2.24) is 0 Å². The molecule has 1 radical (unpaired) electrons. The highest BCUT2D eigenvalue weighted by molar-refractivity contribution is 5.74. The second-order valence-corrected chi connectivity index (χ2v) is 6.21. The highest BCUT2D eigenvalue weighted by atomic mass is 16.6. The molecule has 0 aliphatic carbocycles. The highest BCUT2D eigenvalue weighted by Crippen LogP contribution is 2.41. The minimum atomic E-state index is -0.935. The summed E-state index contributed by atoms with van der Waals surface area (Å²) in [6.45, 7) is 4.76. The quantitative estimate of drug-likeness (QED) is 0.434. The summed E-state index contributed by atoms with van der Waals surface area (Å²) in [6.07, 6.45) is -0.762. The minimum Gasteiger partial charge on any atom is -0.457 e. The number of benzene rings is 3. The fourth-order valence-electron chi connectivity index (χ4n) is 3.25. The van der Waals surface area contributed by atoms with E-state index >= 15 is 0 Å². The van der Waals surface area contributed by atoms with Gasteiger partial charge in [-0.3, -0.25) is 0 Å². The lowest BCUT2D eigenvalue weighted by Crippen LogP contribution is -2.39. The standard InChI is InChI=1S/C24H23O3/c1-3-26-23(25)19(2)27-24(20-13-7-4-8-14-20,21-15-9-5-10-16-21)22-17-11-6-12-18-22/h3-19H,1-2H3/t19-/m1/s1. The van der Waals surface area contributed by atoms with Crippen LogP contribution < -0.4 is 0 Å². The fourth-order valence-corrected chi connectivity index (χ4v) is 3.25. The van der Waals surface area contributed by atoms with E-state index in [0.717, 1.165) is 16.7 Å². The van der Waals surface area contributed by atoms with Gasteiger partial charge in [0.2, 0.25) is 0 Å². The van der Waals surface area contributed by atoms with Crippen molar-refractivity contribution < 1.29 is 14.3 Å². The molecule has 27 heavy (non-hydrogen) atoms. The van der Waals surface area contributed by atoms with E-state index in [9.17, 15) is 4.79 Å². The summed E-state index contributed by atoms with van der Waals surface area (Å²) in [5.41, 5.74) is 1.91. The lowest BCUT2D eigenvalue weighted by molar-refractivity contribution is -0.159. The van der Waals surface area contributed by atoms with Crippen LogP contribution in [-0.4, -0.2) is 12.1 Å². The average Bonchev–Trinajstić information content (AvgIpc) is 2.74. The van der Waals surface area contributed by atoms with E-state index in [1.807, 2.05) is 91.0 Å². The average molecular weight is 359 g/mol. The third kappa shape index (κ3) is 3.93. The molecule has 0 unspecified atom stereocenters. The van der Waals surface area contributed by atoms with Crippen LogP contribution in [-0.2, 0) is 19.9 Å². The van der Waals surface area contributed by atoms with Gasteiger partial charge in [0.15, 0.2) is 6.10 Å². The topological polar surface area (TPSA) is 35.5 Å². The maximum absolute atomic E-state index is 12.3. The van der Waals surface area contributed by atoms with Gasteiger partial charge in [0.1, 0.15) is 12.2 Å². The van der Waals surface area contributed by atoms with Crippen LogP contribution in [0, 0.1) is 6.61 Å². The molecule has 137 valence electrons. The molecule has 1 atom stereocenters. The molecular weight excluding hydrogens is 336 g/mol. The Balaban J connectivity index is 2.21. The number of esters is 1. The normalized spacial score (nSPS) is 12.4. The van der Waals surface area contributed by atoms with E-state index in [2.05, 4.69) is 0 Å². The lowest BCUT2D eigenvalue weighted by atomic mass is 9.80. The third-order valence-corrected chi connectivity index (χ3v) is 4.46. The number of carbonyl (C=O) groups is 1.